The van der Waals surface area contributed by atoms with Gasteiger partial charge in [0.2, 0.25) is 10.0 Å². The Morgan fingerprint density at radius 1 is 1.39 bits per heavy atom. The second kappa shape index (κ2) is 5.38. The minimum absolute atomic E-state index is 0.0662. The van der Waals surface area contributed by atoms with Gasteiger partial charge in [0.1, 0.15) is 0 Å². The quantitative estimate of drug-likeness (QED) is 0.871. The van der Waals surface area contributed by atoms with Crippen LogP contribution in [0.4, 0.5) is 0 Å². The fourth-order valence-corrected chi connectivity index (χ4v) is 3.88. The molecule has 18 heavy (non-hydrogen) atoms. The summed E-state index contributed by atoms with van der Waals surface area (Å²) < 4.78 is 27.3. The molecule has 1 saturated carbocycles. The highest BCUT2D eigenvalue weighted by Crippen LogP contribution is 2.26. The molecular weight excluding hydrogens is 248 g/mol. The minimum Gasteiger partial charge on any atom is -0.326 e. The van der Waals surface area contributed by atoms with Crippen LogP contribution in [0.5, 0.6) is 0 Å². The zero-order valence-corrected chi connectivity index (χ0v) is 11.4. The van der Waals surface area contributed by atoms with Gasteiger partial charge in [-0.05, 0) is 36.5 Å². The molecule has 0 amide bonds. The van der Waals surface area contributed by atoms with Crippen molar-refractivity contribution in [3.63, 3.8) is 0 Å². The second-order valence-electron chi connectivity index (χ2n) is 4.99. The molecule has 0 spiro atoms. The van der Waals surface area contributed by atoms with Crippen LogP contribution in [0.25, 0.3) is 0 Å². The molecule has 0 aromatic heterocycles. The molecule has 0 saturated heterocycles. The van der Waals surface area contributed by atoms with Gasteiger partial charge in [-0.25, -0.2) is 13.1 Å². The summed E-state index contributed by atoms with van der Waals surface area (Å²) in [7, 11) is -3.41. The maximum absolute atomic E-state index is 12.2. The number of rotatable bonds is 4. The Hall–Kier alpha value is -0.910. The third kappa shape index (κ3) is 2.91. The molecule has 1 aliphatic rings. The van der Waals surface area contributed by atoms with E-state index in [0.717, 1.165) is 24.8 Å². The summed E-state index contributed by atoms with van der Waals surface area (Å²) in [6, 6.07) is 6.88. The zero-order chi connectivity index (χ0) is 13.2. The second-order valence-corrected chi connectivity index (χ2v) is 6.70. The maximum atomic E-state index is 12.2. The molecule has 1 aromatic carbocycles. The van der Waals surface area contributed by atoms with Gasteiger partial charge in [0.15, 0.2) is 0 Å². The van der Waals surface area contributed by atoms with E-state index in [0.29, 0.717) is 17.4 Å². The summed E-state index contributed by atoms with van der Waals surface area (Å²) in [5.74, 6) is 0.414. The van der Waals surface area contributed by atoms with Crippen LogP contribution in [0.2, 0.25) is 0 Å². The fraction of sp³-hybridized carbons (Fsp3) is 0.538. The van der Waals surface area contributed by atoms with Gasteiger partial charge in [0.25, 0.3) is 0 Å². The molecule has 100 valence electrons. The monoisotopic (exact) mass is 268 g/mol. The van der Waals surface area contributed by atoms with Crippen LogP contribution >= 0.6 is 0 Å². The van der Waals surface area contributed by atoms with Gasteiger partial charge in [-0.1, -0.05) is 25.5 Å². The van der Waals surface area contributed by atoms with Crippen molar-refractivity contribution in [3.8, 4) is 0 Å². The normalized spacial score (nSPS) is 24.3. The molecule has 5 heteroatoms. The Balaban J connectivity index is 2.19. The molecule has 2 unspecified atom stereocenters. The van der Waals surface area contributed by atoms with Crippen molar-refractivity contribution in [3.05, 3.63) is 29.8 Å². The summed E-state index contributed by atoms with van der Waals surface area (Å²) in [5, 5.41) is 0. The van der Waals surface area contributed by atoms with Gasteiger partial charge in [0, 0.05) is 12.6 Å². The Bertz CT molecular complexity index is 513. The maximum Gasteiger partial charge on any atom is 0.240 e. The number of sulfonamides is 1. The van der Waals surface area contributed by atoms with Gasteiger partial charge < -0.3 is 5.73 Å². The van der Waals surface area contributed by atoms with E-state index in [9.17, 15) is 8.42 Å². The van der Waals surface area contributed by atoms with E-state index in [2.05, 4.69) is 11.6 Å². The van der Waals surface area contributed by atoms with E-state index in [-0.39, 0.29) is 6.04 Å². The topological polar surface area (TPSA) is 72.2 Å². The first-order valence-electron chi connectivity index (χ1n) is 6.34. The lowest BCUT2D eigenvalue weighted by Gasteiger charge is -2.17. The summed E-state index contributed by atoms with van der Waals surface area (Å²) in [5.41, 5.74) is 6.36. The van der Waals surface area contributed by atoms with Gasteiger partial charge in [-0.15, -0.1) is 0 Å². The van der Waals surface area contributed by atoms with Crippen LogP contribution in [0.1, 0.15) is 31.7 Å². The lowest BCUT2D eigenvalue weighted by molar-refractivity contribution is 0.476. The van der Waals surface area contributed by atoms with Crippen molar-refractivity contribution >= 4 is 10.0 Å². The van der Waals surface area contributed by atoms with Crippen LogP contribution in [0, 0.1) is 5.92 Å². The summed E-state index contributed by atoms with van der Waals surface area (Å²) in [4.78, 5) is 0.310. The summed E-state index contributed by atoms with van der Waals surface area (Å²) in [6.45, 7) is 2.44. The smallest absolute Gasteiger partial charge is 0.240 e. The molecule has 2 rings (SSSR count). The fourth-order valence-electron chi connectivity index (χ4n) is 2.43. The van der Waals surface area contributed by atoms with Gasteiger partial charge >= 0.3 is 0 Å². The van der Waals surface area contributed by atoms with E-state index in [4.69, 9.17) is 5.73 Å². The number of hydrogen-bond acceptors (Lipinski definition) is 3. The molecule has 0 aliphatic heterocycles. The van der Waals surface area contributed by atoms with E-state index in [1.165, 1.54) is 0 Å². The molecule has 2 atom stereocenters. The molecule has 0 heterocycles. The molecule has 1 aromatic rings. The van der Waals surface area contributed by atoms with E-state index in [1.54, 1.807) is 18.2 Å². The first kappa shape index (κ1) is 13.5. The Morgan fingerprint density at radius 3 is 2.78 bits per heavy atom. The van der Waals surface area contributed by atoms with E-state index >= 15 is 0 Å². The van der Waals surface area contributed by atoms with Crippen molar-refractivity contribution in [1.82, 2.24) is 4.72 Å². The first-order chi connectivity index (χ1) is 8.53. The standard InChI is InChI=1S/C13H20N2O2S/c1-10-4-2-7-13(10)15-18(16,17)12-6-3-5-11(8-12)9-14/h3,5-6,8,10,13,15H,2,4,7,9,14H2,1H3. The van der Waals surface area contributed by atoms with Crippen molar-refractivity contribution < 1.29 is 8.42 Å². The van der Waals surface area contributed by atoms with E-state index < -0.39 is 10.0 Å². The summed E-state index contributed by atoms with van der Waals surface area (Å²) >= 11 is 0. The molecule has 3 N–H and O–H groups in total. The highest BCUT2D eigenvalue weighted by atomic mass is 32.2. The van der Waals surface area contributed by atoms with Crippen molar-refractivity contribution in [2.75, 3.05) is 0 Å². The third-order valence-electron chi connectivity index (χ3n) is 3.61. The average Bonchev–Trinajstić information content (AvgIpc) is 2.74. The highest BCUT2D eigenvalue weighted by Gasteiger charge is 2.28. The number of hydrogen-bond donors (Lipinski definition) is 2. The van der Waals surface area contributed by atoms with Crippen LogP contribution in [-0.4, -0.2) is 14.5 Å². The highest BCUT2D eigenvalue weighted by molar-refractivity contribution is 7.89. The number of benzene rings is 1. The minimum atomic E-state index is -3.41. The molecular formula is C13H20N2O2S. The van der Waals surface area contributed by atoms with Gasteiger partial charge in [-0.2, -0.15) is 0 Å². The predicted octanol–water partition coefficient (Wildman–Crippen LogP) is 1.61. The lowest BCUT2D eigenvalue weighted by atomic mass is 10.1. The van der Waals surface area contributed by atoms with Crippen LogP contribution in [0.3, 0.4) is 0 Å². The summed E-state index contributed by atoms with van der Waals surface area (Å²) in [6.07, 6.45) is 3.12. The number of nitrogens with two attached hydrogens (primary N) is 1. The van der Waals surface area contributed by atoms with Crippen LogP contribution < -0.4 is 10.5 Å². The van der Waals surface area contributed by atoms with Crippen LogP contribution in [0.15, 0.2) is 29.2 Å². The van der Waals surface area contributed by atoms with Gasteiger partial charge in [0.05, 0.1) is 4.90 Å². The molecule has 0 bridgehead atoms. The van der Waals surface area contributed by atoms with Crippen molar-refractivity contribution in [2.45, 2.75) is 43.7 Å². The Kier molecular flexibility index (Phi) is 4.04. The molecule has 4 nitrogen and oxygen atoms in total. The molecule has 1 fully saturated rings. The molecule has 1 aliphatic carbocycles. The third-order valence-corrected chi connectivity index (χ3v) is 5.10. The SMILES string of the molecule is CC1CCCC1NS(=O)(=O)c1cccc(CN)c1. The Morgan fingerprint density at radius 2 is 2.17 bits per heavy atom. The van der Waals surface area contributed by atoms with Gasteiger partial charge in [-0.3, -0.25) is 0 Å². The average molecular weight is 268 g/mol. The predicted molar refractivity (Wildman–Crippen MR) is 71.5 cm³/mol. The number of nitrogens with one attached hydrogen (secondary N) is 1. The lowest BCUT2D eigenvalue weighted by Crippen LogP contribution is -2.36. The Labute approximate surface area is 109 Å². The van der Waals surface area contributed by atoms with Crippen molar-refractivity contribution in [1.29, 1.82) is 0 Å². The van der Waals surface area contributed by atoms with E-state index in [1.807, 2.05) is 6.07 Å². The van der Waals surface area contributed by atoms with Crippen LogP contribution in [-0.2, 0) is 16.6 Å². The first-order valence-corrected chi connectivity index (χ1v) is 7.82. The zero-order valence-electron chi connectivity index (χ0n) is 10.6. The molecule has 0 radical (unpaired) electrons. The largest absolute Gasteiger partial charge is 0.326 e. The van der Waals surface area contributed by atoms with Crippen molar-refractivity contribution in [2.24, 2.45) is 11.7 Å².